The van der Waals surface area contributed by atoms with E-state index in [1.807, 2.05) is 6.07 Å². The number of thiophene rings is 1. The van der Waals surface area contributed by atoms with Crippen LogP contribution in [-0.2, 0) is 0 Å². The molecule has 0 radical (unpaired) electrons. The molecule has 16 heavy (non-hydrogen) atoms. The molecule has 0 aliphatic heterocycles. The van der Waals surface area contributed by atoms with Crippen LogP contribution in [0.2, 0.25) is 0 Å². The number of hydrazone groups is 1. The van der Waals surface area contributed by atoms with Gasteiger partial charge in [0.05, 0.1) is 6.21 Å². The first-order valence-electron chi connectivity index (χ1n) is 5.35. The molecule has 0 fully saturated rings. The fraction of sp³-hybridized carbons (Fsp3) is 0.455. The monoisotopic (exact) mass is 255 g/mol. The molecule has 5 heteroatoms. The standard InChI is InChI=1S/C11H17N3S2/c1-3-4-7-12-11(15)14-13-8-10-6-5-9(2)16-10/h5-6,8H,3-4,7H2,1-2H3,(H2,12,14,15)/b13-8+. The van der Waals surface area contributed by atoms with Gasteiger partial charge >= 0.3 is 0 Å². The van der Waals surface area contributed by atoms with Gasteiger partial charge in [-0.25, -0.2) is 0 Å². The molecular formula is C11H17N3S2. The highest BCUT2D eigenvalue weighted by Crippen LogP contribution is 2.12. The lowest BCUT2D eigenvalue weighted by Gasteiger charge is -2.04. The predicted molar refractivity (Wildman–Crippen MR) is 75.3 cm³/mol. The number of unbranched alkanes of at least 4 members (excludes halogenated alkanes) is 1. The fourth-order valence-corrected chi connectivity index (χ4v) is 2.00. The third-order valence-electron chi connectivity index (χ3n) is 1.93. The number of hydrogen-bond acceptors (Lipinski definition) is 3. The minimum Gasteiger partial charge on any atom is -0.361 e. The van der Waals surface area contributed by atoms with Crippen molar-refractivity contribution in [1.29, 1.82) is 0 Å². The highest BCUT2D eigenvalue weighted by molar-refractivity contribution is 7.80. The molecule has 88 valence electrons. The van der Waals surface area contributed by atoms with Gasteiger partial charge in [0, 0.05) is 16.3 Å². The van der Waals surface area contributed by atoms with Gasteiger partial charge in [0.1, 0.15) is 0 Å². The Balaban J connectivity index is 2.23. The first-order valence-corrected chi connectivity index (χ1v) is 6.58. The molecule has 0 amide bonds. The normalized spacial score (nSPS) is 10.6. The molecule has 0 unspecified atom stereocenters. The van der Waals surface area contributed by atoms with Crippen molar-refractivity contribution < 1.29 is 0 Å². The Morgan fingerprint density at radius 2 is 2.38 bits per heavy atom. The van der Waals surface area contributed by atoms with Crippen LogP contribution in [0.25, 0.3) is 0 Å². The summed E-state index contributed by atoms with van der Waals surface area (Å²) < 4.78 is 0. The minimum absolute atomic E-state index is 0.581. The first-order chi connectivity index (χ1) is 7.72. The average molecular weight is 255 g/mol. The van der Waals surface area contributed by atoms with Crippen molar-refractivity contribution in [3.05, 3.63) is 21.9 Å². The highest BCUT2D eigenvalue weighted by Gasteiger charge is 1.93. The van der Waals surface area contributed by atoms with Gasteiger partial charge in [0.2, 0.25) is 0 Å². The summed E-state index contributed by atoms with van der Waals surface area (Å²) in [5.41, 5.74) is 2.80. The Morgan fingerprint density at radius 3 is 3.00 bits per heavy atom. The van der Waals surface area contributed by atoms with E-state index in [4.69, 9.17) is 12.2 Å². The number of nitrogens with one attached hydrogen (secondary N) is 2. The lowest BCUT2D eigenvalue weighted by atomic mass is 10.3. The Hall–Kier alpha value is -0.940. The van der Waals surface area contributed by atoms with E-state index in [1.54, 1.807) is 17.6 Å². The number of nitrogens with zero attached hydrogens (tertiary/aromatic N) is 1. The Morgan fingerprint density at radius 1 is 1.56 bits per heavy atom. The summed E-state index contributed by atoms with van der Waals surface area (Å²) in [4.78, 5) is 2.41. The summed E-state index contributed by atoms with van der Waals surface area (Å²) in [5.74, 6) is 0. The number of aryl methyl sites for hydroxylation is 1. The topological polar surface area (TPSA) is 36.4 Å². The molecule has 0 atom stereocenters. The largest absolute Gasteiger partial charge is 0.361 e. The Labute approximate surface area is 106 Å². The van der Waals surface area contributed by atoms with Crippen LogP contribution in [0.3, 0.4) is 0 Å². The van der Waals surface area contributed by atoms with E-state index >= 15 is 0 Å². The van der Waals surface area contributed by atoms with Gasteiger partial charge in [-0.15, -0.1) is 11.3 Å². The number of hydrogen-bond donors (Lipinski definition) is 2. The zero-order chi connectivity index (χ0) is 11.8. The second-order valence-corrected chi connectivity index (χ2v) is 5.16. The second kappa shape index (κ2) is 7.35. The van der Waals surface area contributed by atoms with Crippen molar-refractivity contribution in [1.82, 2.24) is 10.7 Å². The van der Waals surface area contributed by atoms with Crippen LogP contribution in [0.1, 0.15) is 29.5 Å². The summed E-state index contributed by atoms with van der Waals surface area (Å²) in [6.07, 6.45) is 4.06. The van der Waals surface area contributed by atoms with Crippen molar-refractivity contribution in [3.63, 3.8) is 0 Å². The molecule has 0 bridgehead atoms. The third kappa shape index (κ3) is 5.23. The van der Waals surface area contributed by atoms with Gasteiger partial charge in [-0.05, 0) is 37.7 Å². The van der Waals surface area contributed by atoms with Crippen LogP contribution < -0.4 is 10.7 Å². The van der Waals surface area contributed by atoms with Gasteiger partial charge < -0.3 is 5.32 Å². The maximum atomic E-state index is 5.06. The Bertz CT molecular complexity index is 358. The molecule has 1 heterocycles. The zero-order valence-electron chi connectivity index (χ0n) is 9.62. The predicted octanol–water partition coefficient (Wildman–Crippen LogP) is 2.65. The summed E-state index contributed by atoms with van der Waals surface area (Å²) in [5, 5.41) is 7.73. The van der Waals surface area contributed by atoms with Gasteiger partial charge in [-0.1, -0.05) is 13.3 Å². The average Bonchev–Trinajstić information content (AvgIpc) is 2.65. The molecule has 0 spiro atoms. The molecule has 0 aliphatic carbocycles. The molecule has 0 aliphatic rings. The van der Waals surface area contributed by atoms with Crippen LogP contribution in [0.5, 0.6) is 0 Å². The van der Waals surface area contributed by atoms with Crippen molar-refractivity contribution in [2.75, 3.05) is 6.54 Å². The molecular weight excluding hydrogens is 238 g/mol. The summed E-state index contributed by atoms with van der Waals surface area (Å²) >= 11 is 6.76. The van der Waals surface area contributed by atoms with E-state index in [9.17, 15) is 0 Å². The summed E-state index contributed by atoms with van der Waals surface area (Å²) in [7, 11) is 0. The SMILES string of the molecule is CCCCNC(=S)N/N=C/c1ccc(C)s1. The van der Waals surface area contributed by atoms with Gasteiger partial charge in [0.15, 0.2) is 5.11 Å². The summed E-state index contributed by atoms with van der Waals surface area (Å²) in [6, 6.07) is 4.11. The van der Waals surface area contributed by atoms with Crippen LogP contribution in [0, 0.1) is 6.92 Å². The van der Waals surface area contributed by atoms with E-state index in [0.29, 0.717) is 5.11 Å². The zero-order valence-corrected chi connectivity index (χ0v) is 11.3. The van der Waals surface area contributed by atoms with Crippen molar-refractivity contribution in [2.45, 2.75) is 26.7 Å². The lowest BCUT2D eigenvalue weighted by molar-refractivity contribution is 0.745. The third-order valence-corrected chi connectivity index (χ3v) is 3.11. The van der Waals surface area contributed by atoms with Crippen molar-refractivity contribution in [2.24, 2.45) is 5.10 Å². The van der Waals surface area contributed by atoms with Crippen LogP contribution in [-0.4, -0.2) is 17.9 Å². The molecule has 2 N–H and O–H groups in total. The minimum atomic E-state index is 0.581. The van der Waals surface area contributed by atoms with Crippen LogP contribution in [0.4, 0.5) is 0 Å². The maximum Gasteiger partial charge on any atom is 0.186 e. The van der Waals surface area contributed by atoms with Crippen molar-refractivity contribution >= 4 is 34.9 Å². The van der Waals surface area contributed by atoms with E-state index < -0.39 is 0 Å². The molecule has 1 rings (SSSR count). The highest BCUT2D eigenvalue weighted by atomic mass is 32.1. The van der Waals surface area contributed by atoms with Crippen molar-refractivity contribution in [3.8, 4) is 0 Å². The van der Waals surface area contributed by atoms with Gasteiger partial charge in [-0.3, -0.25) is 5.43 Å². The molecule has 1 aromatic heterocycles. The molecule has 0 saturated heterocycles. The summed E-state index contributed by atoms with van der Waals surface area (Å²) in [6.45, 7) is 5.12. The van der Waals surface area contributed by atoms with E-state index in [0.717, 1.165) is 24.3 Å². The van der Waals surface area contributed by atoms with Gasteiger partial charge in [0.25, 0.3) is 0 Å². The van der Waals surface area contributed by atoms with E-state index in [-0.39, 0.29) is 0 Å². The van der Waals surface area contributed by atoms with E-state index in [1.165, 1.54) is 4.88 Å². The van der Waals surface area contributed by atoms with Crippen LogP contribution in [0.15, 0.2) is 17.2 Å². The fourth-order valence-electron chi connectivity index (χ4n) is 1.10. The van der Waals surface area contributed by atoms with Crippen LogP contribution >= 0.6 is 23.6 Å². The Kier molecular flexibility index (Phi) is 6.03. The number of thiocarbonyl (C=S) groups is 1. The molecule has 0 aromatic carbocycles. The van der Waals surface area contributed by atoms with Gasteiger partial charge in [-0.2, -0.15) is 5.10 Å². The lowest BCUT2D eigenvalue weighted by Crippen LogP contribution is -2.32. The number of rotatable bonds is 5. The first kappa shape index (κ1) is 13.1. The maximum absolute atomic E-state index is 5.06. The van der Waals surface area contributed by atoms with E-state index in [2.05, 4.69) is 35.8 Å². The molecule has 0 saturated carbocycles. The molecule has 3 nitrogen and oxygen atoms in total. The smallest absolute Gasteiger partial charge is 0.186 e. The molecule has 1 aromatic rings. The second-order valence-electron chi connectivity index (χ2n) is 3.43. The quantitative estimate of drug-likeness (QED) is 0.367.